The van der Waals surface area contributed by atoms with E-state index in [9.17, 15) is 14.0 Å². The van der Waals surface area contributed by atoms with Gasteiger partial charge in [-0.2, -0.15) is 4.98 Å². The minimum atomic E-state index is -0.725. The van der Waals surface area contributed by atoms with Gasteiger partial charge < -0.3 is 21.1 Å². The van der Waals surface area contributed by atoms with Gasteiger partial charge in [0.15, 0.2) is 0 Å². The van der Waals surface area contributed by atoms with Crippen molar-refractivity contribution in [3.63, 3.8) is 0 Å². The van der Waals surface area contributed by atoms with Crippen LogP contribution in [0.2, 0.25) is 0 Å². The lowest BCUT2D eigenvalue weighted by Crippen LogP contribution is -2.42. The van der Waals surface area contributed by atoms with Gasteiger partial charge in [0.05, 0.1) is 5.56 Å². The van der Waals surface area contributed by atoms with Crippen molar-refractivity contribution in [1.82, 2.24) is 9.55 Å². The molecule has 1 amide bonds. The Bertz CT molecular complexity index is 796. The fourth-order valence-corrected chi connectivity index (χ4v) is 4.08. The predicted molar refractivity (Wildman–Crippen MR) is 123 cm³/mol. The van der Waals surface area contributed by atoms with Crippen molar-refractivity contribution in [2.24, 2.45) is 18.2 Å². The third-order valence-corrected chi connectivity index (χ3v) is 5.69. The number of nitrogens with two attached hydrogens (primary N) is 2. The normalized spacial score (nSPS) is 19.7. The van der Waals surface area contributed by atoms with Gasteiger partial charge in [0, 0.05) is 20.1 Å². The monoisotopic (exact) mass is 441 g/mol. The summed E-state index contributed by atoms with van der Waals surface area (Å²) in [5.74, 6) is 0.936. The first-order valence-corrected chi connectivity index (χ1v) is 11.0. The Hall–Kier alpha value is -2.32. The van der Waals surface area contributed by atoms with E-state index in [1.165, 1.54) is 0 Å². The maximum absolute atomic E-state index is 13.5. The molecule has 1 saturated heterocycles. The number of hydrogen-bond acceptors (Lipinski definition) is 6. The Balaban J connectivity index is 0.000000409. The number of piperidine rings is 1. The average Bonchev–Trinajstić information content (AvgIpc) is 3.04. The molecule has 178 valence electrons. The van der Waals surface area contributed by atoms with E-state index in [1.54, 1.807) is 39.3 Å². The molecule has 0 radical (unpaired) electrons. The largest absolute Gasteiger partial charge is 0.444 e. The summed E-state index contributed by atoms with van der Waals surface area (Å²) in [6, 6.07) is 0. The molecule has 1 atom stereocenters. The minimum absolute atomic E-state index is 0.0949. The summed E-state index contributed by atoms with van der Waals surface area (Å²) in [5, 5.41) is 0. The van der Waals surface area contributed by atoms with Gasteiger partial charge in [-0.25, -0.2) is 9.18 Å². The van der Waals surface area contributed by atoms with E-state index in [0.717, 1.165) is 32.4 Å². The molecule has 2 heterocycles. The molecule has 1 unspecified atom stereocenters. The summed E-state index contributed by atoms with van der Waals surface area (Å²) in [5.41, 5.74) is 10.7. The van der Waals surface area contributed by atoms with Gasteiger partial charge >= 0.3 is 6.09 Å². The first kappa shape index (κ1) is 26.7. The van der Waals surface area contributed by atoms with Gasteiger partial charge in [-0.3, -0.25) is 9.36 Å². The van der Waals surface area contributed by atoms with E-state index >= 15 is 0 Å². The van der Waals surface area contributed by atoms with Gasteiger partial charge in [0.2, 0.25) is 5.95 Å². The molecule has 4 N–H and O–H groups in total. The van der Waals surface area contributed by atoms with Crippen LogP contribution in [-0.4, -0.2) is 40.5 Å². The van der Waals surface area contributed by atoms with Gasteiger partial charge in [-0.1, -0.05) is 13.8 Å². The molecule has 0 bridgehead atoms. The lowest BCUT2D eigenvalue weighted by atomic mass is 9.77. The number of rotatable bonds is 1. The molecular formula is C22H40FN5O3. The number of hydrogen-bond donors (Lipinski definition) is 2. The molecule has 2 aliphatic rings. The molecule has 1 aliphatic heterocycles. The van der Waals surface area contributed by atoms with E-state index in [2.05, 4.69) is 14.6 Å². The van der Waals surface area contributed by atoms with Crippen LogP contribution in [0.4, 0.5) is 21.0 Å². The number of nitrogens with zero attached hydrogens (tertiary/aromatic N) is 3. The van der Waals surface area contributed by atoms with Crippen molar-refractivity contribution in [2.75, 3.05) is 23.7 Å². The van der Waals surface area contributed by atoms with Crippen LogP contribution in [-0.2, 0) is 11.8 Å². The molecule has 9 heteroatoms. The summed E-state index contributed by atoms with van der Waals surface area (Å²) < 4.78 is 19.6. The number of carbonyl (C=O) groups is 1. The lowest BCUT2D eigenvalue weighted by Gasteiger charge is -2.40. The molecule has 3 rings (SSSR count). The topological polar surface area (TPSA) is 116 Å². The molecule has 2 fully saturated rings. The van der Waals surface area contributed by atoms with Crippen LogP contribution in [0.3, 0.4) is 0 Å². The number of ether oxygens (including phenoxy) is 1. The standard InChI is InChI=1S/C15H23FN4O.C5H11NO2.C2H6/c1-10-12(17)18-14(19(2)13(10)21)20-7-5-15(6-8-20)4-3-11(16)9-15;1-5(2,3)8-4(6)7;1-2/h11H,3-9,17H2,1-2H3;1-3H3,(H2,6,7);1-2H3. The Morgan fingerprint density at radius 2 is 1.77 bits per heavy atom. The highest BCUT2D eigenvalue weighted by Crippen LogP contribution is 2.47. The predicted octanol–water partition coefficient (Wildman–Crippen LogP) is 3.69. The third-order valence-electron chi connectivity index (χ3n) is 5.69. The highest BCUT2D eigenvalue weighted by atomic mass is 19.1. The molecule has 0 aromatic carbocycles. The van der Waals surface area contributed by atoms with Crippen molar-refractivity contribution >= 4 is 17.9 Å². The van der Waals surface area contributed by atoms with Crippen LogP contribution >= 0.6 is 0 Å². The number of alkyl halides is 1. The van der Waals surface area contributed by atoms with Gasteiger partial charge in [-0.05, 0) is 65.2 Å². The number of primary amides is 1. The maximum atomic E-state index is 13.5. The number of aromatic nitrogens is 2. The summed E-state index contributed by atoms with van der Waals surface area (Å²) in [6.45, 7) is 12.6. The third kappa shape index (κ3) is 7.40. The van der Waals surface area contributed by atoms with Crippen molar-refractivity contribution < 1.29 is 13.9 Å². The zero-order valence-electron chi connectivity index (χ0n) is 20.1. The van der Waals surface area contributed by atoms with Crippen molar-refractivity contribution in [2.45, 2.75) is 85.4 Å². The molecule has 1 saturated carbocycles. The fraction of sp³-hybridized carbons (Fsp3) is 0.773. The minimum Gasteiger partial charge on any atom is -0.444 e. The van der Waals surface area contributed by atoms with E-state index in [0.29, 0.717) is 30.2 Å². The Kier molecular flexibility index (Phi) is 9.32. The van der Waals surface area contributed by atoms with E-state index in [-0.39, 0.29) is 11.0 Å². The van der Waals surface area contributed by atoms with Crippen LogP contribution in [0.5, 0.6) is 0 Å². The first-order valence-electron chi connectivity index (χ1n) is 11.0. The Morgan fingerprint density at radius 3 is 2.16 bits per heavy atom. The zero-order chi connectivity index (χ0) is 24.0. The molecule has 1 aromatic heterocycles. The van der Waals surface area contributed by atoms with Crippen LogP contribution in [0.25, 0.3) is 0 Å². The summed E-state index contributed by atoms with van der Waals surface area (Å²) in [6.07, 6.45) is 2.97. The average molecular weight is 442 g/mol. The number of nitrogen functional groups attached to an aromatic ring is 1. The maximum Gasteiger partial charge on any atom is 0.405 e. The smallest absolute Gasteiger partial charge is 0.405 e. The fourth-order valence-electron chi connectivity index (χ4n) is 4.08. The van der Waals surface area contributed by atoms with Crippen molar-refractivity contribution in [3.05, 3.63) is 15.9 Å². The molecule has 1 aromatic rings. The second kappa shape index (κ2) is 10.8. The Morgan fingerprint density at radius 1 is 1.23 bits per heavy atom. The summed E-state index contributed by atoms with van der Waals surface area (Å²) in [7, 11) is 1.73. The van der Waals surface area contributed by atoms with E-state index in [1.807, 2.05) is 13.8 Å². The van der Waals surface area contributed by atoms with Crippen LogP contribution in [0, 0.1) is 12.3 Å². The first-order chi connectivity index (χ1) is 14.3. The lowest BCUT2D eigenvalue weighted by molar-refractivity contribution is 0.0600. The second-order valence-electron chi connectivity index (χ2n) is 9.15. The van der Waals surface area contributed by atoms with Gasteiger partial charge in [0.1, 0.15) is 17.6 Å². The number of anilines is 2. The highest BCUT2D eigenvalue weighted by Gasteiger charge is 2.42. The number of carbonyl (C=O) groups excluding carboxylic acids is 1. The number of halogens is 1. The van der Waals surface area contributed by atoms with Crippen molar-refractivity contribution in [3.8, 4) is 0 Å². The summed E-state index contributed by atoms with van der Waals surface area (Å²) >= 11 is 0. The SMILES string of the molecule is CC.CC(C)(C)OC(N)=O.Cc1c(N)nc(N2CCC3(CCC(F)C3)CC2)n(C)c1=O. The van der Waals surface area contributed by atoms with Crippen LogP contribution in [0.15, 0.2) is 4.79 Å². The van der Waals surface area contributed by atoms with Gasteiger partial charge in [0.25, 0.3) is 5.56 Å². The molecule has 1 spiro atoms. The Labute approximate surface area is 185 Å². The zero-order valence-corrected chi connectivity index (χ0v) is 20.1. The highest BCUT2D eigenvalue weighted by molar-refractivity contribution is 5.65. The molecule has 31 heavy (non-hydrogen) atoms. The quantitative estimate of drug-likeness (QED) is 0.686. The molecule has 1 aliphatic carbocycles. The van der Waals surface area contributed by atoms with Crippen LogP contribution < -0.4 is 21.9 Å². The van der Waals surface area contributed by atoms with Crippen LogP contribution in [0.1, 0.15) is 72.3 Å². The van der Waals surface area contributed by atoms with E-state index in [4.69, 9.17) is 11.5 Å². The van der Waals surface area contributed by atoms with E-state index < -0.39 is 17.9 Å². The number of amides is 1. The van der Waals surface area contributed by atoms with Crippen molar-refractivity contribution in [1.29, 1.82) is 0 Å². The second-order valence-corrected chi connectivity index (χ2v) is 9.15. The van der Waals surface area contributed by atoms with Gasteiger partial charge in [-0.15, -0.1) is 0 Å². The summed E-state index contributed by atoms with van der Waals surface area (Å²) in [4.78, 5) is 28.6. The molecular weight excluding hydrogens is 401 g/mol. The molecule has 8 nitrogen and oxygen atoms in total.